The van der Waals surface area contributed by atoms with Crippen LogP contribution in [-0.4, -0.2) is 16.1 Å². The molecular formula is C10H6ClFN2O2S. The van der Waals surface area contributed by atoms with Gasteiger partial charge in [0.05, 0.1) is 16.9 Å². The average molecular weight is 273 g/mol. The zero-order chi connectivity index (χ0) is 12.4. The van der Waals surface area contributed by atoms with Gasteiger partial charge in [-0.1, -0.05) is 22.9 Å². The predicted octanol–water partition coefficient (Wildman–Crippen LogP) is 3.38. The maximum absolute atomic E-state index is 13.0. The number of nitrogens with one attached hydrogen (secondary N) is 1. The lowest BCUT2D eigenvalue weighted by molar-refractivity contribution is 0.0702. The van der Waals surface area contributed by atoms with E-state index in [0.29, 0.717) is 15.8 Å². The van der Waals surface area contributed by atoms with Crippen molar-refractivity contribution in [3.63, 3.8) is 0 Å². The van der Waals surface area contributed by atoms with Crippen LogP contribution in [0.15, 0.2) is 24.4 Å². The van der Waals surface area contributed by atoms with E-state index < -0.39 is 11.8 Å². The fraction of sp³-hybridized carbons (Fsp3) is 0. The van der Waals surface area contributed by atoms with E-state index in [9.17, 15) is 9.18 Å². The van der Waals surface area contributed by atoms with Crippen molar-refractivity contribution in [2.45, 2.75) is 0 Å². The molecule has 2 aromatic rings. The van der Waals surface area contributed by atoms with Crippen molar-refractivity contribution in [3.05, 3.63) is 40.1 Å². The van der Waals surface area contributed by atoms with E-state index in [-0.39, 0.29) is 4.88 Å². The summed E-state index contributed by atoms with van der Waals surface area (Å²) in [5.74, 6) is -1.49. The topological polar surface area (TPSA) is 62.2 Å². The van der Waals surface area contributed by atoms with Gasteiger partial charge < -0.3 is 10.4 Å². The quantitative estimate of drug-likeness (QED) is 0.899. The summed E-state index contributed by atoms with van der Waals surface area (Å²) in [6.07, 6.45) is 1.22. The van der Waals surface area contributed by atoms with Crippen LogP contribution in [0.25, 0.3) is 0 Å². The molecule has 0 atom stereocenters. The Balaban J connectivity index is 2.25. The van der Waals surface area contributed by atoms with Gasteiger partial charge in [-0.3, -0.25) is 0 Å². The third kappa shape index (κ3) is 2.72. The molecule has 0 saturated heterocycles. The van der Waals surface area contributed by atoms with Gasteiger partial charge in [-0.05, 0) is 18.2 Å². The number of aromatic carboxylic acids is 1. The number of hydrogen-bond acceptors (Lipinski definition) is 4. The molecule has 7 heteroatoms. The highest BCUT2D eigenvalue weighted by atomic mass is 35.5. The molecule has 0 amide bonds. The summed E-state index contributed by atoms with van der Waals surface area (Å²) in [5, 5.41) is 12.2. The summed E-state index contributed by atoms with van der Waals surface area (Å²) >= 11 is 6.79. The molecule has 2 N–H and O–H groups in total. The maximum Gasteiger partial charge on any atom is 0.347 e. The Labute approximate surface area is 105 Å². The third-order valence-corrected chi connectivity index (χ3v) is 3.12. The number of benzene rings is 1. The molecule has 0 fully saturated rings. The van der Waals surface area contributed by atoms with Gasteiger partial charge in [0.2, 0.25) is 0 Å². The monoisotopic (exact) mass is 272 g/mol. The van der Waals surface area contributed by atoms with E-state index in [1.807, 2.05) is 0 Å². The summed E-state index contributed by atoms with van der Waals surface area (Å²) in [5.41, 5.74) is 0.345. The molecule has 2 rings (SSSR count). The van der Waals surface area contributed by atoms with Gasteiger partial charge in [0.25, 0.3) is 0 Å². The lowest BCUT2D eigenvalue weighted by Crippen LogP contribution is -1.91. The van der Waals surface area contributed by atoms with Crippen LogP contribution < -0.4 is 5.32 Å². The molecule has 17 heavy (non-hydrogen) atoms. The Kier molecular flexibility index (Phi) is 3.26. The van der Waals surface area contributed by atoms with Crippen LogP contribution in [0.2, 0.25) is 5.02 Å². The van der Waals surface area contributed by atoms with Crippen LogP contribution >= 0.6 is 22.9 Å². The minimum Gasteiger partial charge on any atom is -0.477 e. The summed E-state index contributed by atoms with van der Waals surface area (Å²) in [6.45, 7) is 0. The van der Waals surface area contributed by atoms with Crippen LogP contribution in [0.4, 0.5) is 15.2 Å². The van der Waals surface area contributed by atoms with E-state index in [1.165, 1.54) is 24.4 Å². The first-order chi connectivity index (χ1) is 8.06. The maximum atomic E-state index is 13.0. The van der Waals surface area contributed by atoms with Crippen molar-refractivity contribution in [1.82, 2.24) is 4.98 Å². The number of carboxylic acid groups (broad SMARTS) is 1. The standard InChI is InChI=1S/C10H6ClFN2O2S/c11-6-2-1-5(12)3-7(6)14-10-13-4-8(17-10)9(15)16/h1-4H,(H,13,14)(H,15,16). The fourth-order valence-electron chi connectivity index (χ4n) is 1.14. The molecule has 0 bridgehead atoms. The molecule has 1 aromatic carbocycles. The average Bonchev–Trinajstić information content (AvgIpc) is 2.72. The molecular weight excluding hydrogens is 267 g/mol. The number of nitrogens with zero attached hydrogens (tertiary/aromatic N) is 1. The summed E-state index contributed by atoms with van der Waals surface area (Å²) in [4.78, 5) is 14.6. The Morgan fingerprint density at radius 2 is 2.29 bits per heavy atom. The van der Waals surface area contributed by atoms with Crippen molar-refractivity contribution in [3.8, 4) is 0 Å². The Bertz CT molecular complexity index is 573. The second kappa shape index (κ2) is 4.68. The van der Waals surface area contributed by atoms with Gasteiger partial charge in [0.15, 0.2) is 5.13 Å². The normalized spacial score (nSPS) is 10.2. The van der Waals surface area contributed by atoms with Crippen LogP contribution in [-0.2, 0) is 0 Å². The minimum absolute atomic E-state index is 0.0972. The molecule has 0 aliphatic rings. The highest BCUT2D eigenvalue weighted by Crippen LogP contribution is 2.28. The molecule has 0 aliphatic carbocycles. The molecule has 0 radical (unpaired) electrons. The molecule has 4 nitrogen and oxygen atoms in total. The first-order valence-electron chi connectivity index (χ1n) is 4.47. The first kappa shape index (κ1) is 11.8. The predicted molar refractivity (Wildman–Crippen MR) is 63.8 cm³/mol. The lowest BCUT2D eigenvalue weighted by Gasteiger charge is -2.04. The summed E-state index contributed by atoms with van der Waals surface area (Å²) in [6, 6.07) is 3.85. The largest absolute Gasteiger partial charge is 0.477 e. The zero-order valence-corrected chi connectivity index (χ0v) is 9.85. The minimum atomic E-state index is -1.05. The van der Waals surface area contributed by atoms with E-state index >= 15 is 0 Å². The fourth-order valence-corrected chi connectivity index (χ4v) is 1.97. The lowest BCUT2D eigenvalue weighted by atomic mass is 10.3. The van der Waals surface area contributed by atoms with Crippen LogP contribution in [0, 0.1) is 5.82 Å². The number of carboxylic acids is 1. The smallest absolute Gasteiger partial charge is 0.347 e. The molecule has 0 unspecified atom stereocenters. The number of anilines is 2. The van der Waals surface area contributed by atoms with Crippen LogP contribution in [0.3, 0.4) is 0 Å². The van der Waals surface area contributed by atoms with Crippen molar-refractivity contribution in [2.24, 2.45) is 0 Å². The van der Waals surface area contributed by atoms with Gasteiger partial charge in [0.1, 0.15) is 10.7 Å². The highest BCUT2D eigenvalue weighted by molar-refractivity contribution is 7.17. The molecule has 0 spiro atoms. The van der Waals surface area contributed by atoms with Gasteiger partial charge in [-0.15, -0.1) is 0 Å². The van der Waals surface area contributed by atoms with Crippen LogP contribution in [0.5, 0.6) is 0 Å². The highest BCUT2D eigenvalue weighted by Gasteiger charge is 2.10. The second-order valence-electron chi connectivity index (χ2n) is 3.08. The Morgan fingerprint density at radius 1 is 1.53 bits per heavy atom. The van der Waals surface area contributed by atoms with E-state index in [0.717, 1.165) is 11.3 Å². The second-order valence-corrected chi connectivity index (χ2v) is 4.52. The number of aromatic nitrogens is 1. The number of hydrogen-bond donors (Lipinski definition) is 2. The zero-order valence-electron chi connectivity index (χ0n) is 8.28. The number of carbonyl (C=O) groups is 1. The third-order valence-electron chi connectivity index (χ3n) is 1.89. The van der Waals surface area contributed by atoms with Crippen molar-refractivity contribution >= 4 is 39.7 Å². The van der Waals surface area contributed by atoms with Gasteiger partial charge in [-0.25, -0.2) is 14.2 Å². The Morgan fingerprint density at radius 3 is 2.94 bits per heavy atom. The van der Waals surface area contributed by atoms with Gasteiger partial charge >= 0.3 is 5.97 Å². The van der Waals surface area contributed by atoms with Crippen molar-refractivity contribution in [1.29, 1.82) is 0 Å². The molecule has 1 heterocycles. The Hall–Kier alpha value is -1.66. The number of halogens is 2. The van der Waals surface area contributed by atoms with E-state index in [1.54, 1.807) is 0 Å². The van der Waals surface area contributed by atoms with Gasteiger partial charge in [0, 0.05) is 0 Å². The van der Waals surface area contributed by atoms with E-state index in [2.05, 4.69) is 10.3 Å². The molecule has 0 aliphatic heterocycles. The summed E-state index contributed by atoms with van der Waals surface area (Å²) < 4.78 is 13.0. The SMILES string of the molecule is O=C(O)c1cnc(Nc2cc(F)ccc2Cl)s1. The summed E-state index contributed by atoms with van der Waals surface area (Å²) in [7, 11) is 0. The first-order valence-corrected chi connectivity index (χ1v) is 5.67. The molecule has 1 aromatic heterocycles. The molecule has 88 valence electrons. The van der Waals surface area contributed by atoms with Crippen LogP contribution in [0.1, 0.15) is 9.67 Å². The van der Waals surface area contributed by atoms with Crippen molar-refractivity contribution in [2.75, 3.05) is 5.32 Å². The van der Waals surface area contributed by atoms with Crippen molar-refractivity contribution < 1.29 is 14.3 Å². The van der Waals surface area contributed by atoms with Gasteiger partial charge in [-0.2, -0.15) is 0 Å². The number of thiazole rings is 1. The number of rotatable bonds is 3. The van der Waals surface area contributed by atoms with E-state index in [4.69, 9.17) is 16.7 Å². The molecule has 0 saturated carbocycles.